The predicted octanol–water partition coefficient (Wildman–Crippen LogP) is 3.26. The third kappa shape index (κ3) is 3.44. The number of piperidine rings is 1. The van der Waals surface area contributed by atoms with Crippen molar-refractivity contribution in [2.45, 2.75) is 44.1 Å². The summed E-state index contributed by atoms with van der Waals surface area (Å²) in [4.78, 5) is 24.2. The molecule has 1 aliphatic heterocycles. The first-order chi connectivity index (χ1) is 14.7. The average molecular weight is 403 g/mol. The third-order valence-electron chi connectivity index (χ3n) is 6.19. The largest absolute Gasteiger partial charge is 0.356 e. The summed E-state index contributed by atoms with van der Waals surface area (Å²) in [5.74, 6) is 2.12. The van der Waals surface area contributed by atoms with Crippen LogP contribution in [0.3, 0.4) is 0 Å². The zero-order valence-electron chi connectivity index (χ0n) is 17.0. The second kappa shape index (κ2) is 7.55. The summed E-state index contributed by atoms with van der Waals surface area (Å²) >= 11 is 0. The van der Waals surface area contributed by atoms with Gasteiger partial charge in [0.2, 0.25) is 5.91 Å². The van der Waals surface area contributed by atoms with Crippen LogP contribution in [0.25, 0.3) is 11.5 Å². The number of pyridine rings is 1. The summed E-state index contributed by atoms with van der Waals surface area (Å²) in [7, 11) is 0. The number of hydrogen-bond acceptors (Lipinski definition) is 6. The highest BCUT2D eigenvalue weighted by Gasteiger charge is 2.51. The molecule has 7 nitrogen and oxygen atoms in total. The minimum Gasteiger partial charge on any atom is -0.356 e. The van der Waals surface area contributed by atoms with Crippen molar-refractivity contribution < 1.29 is 9.32 Å². The Balaban J connectivity index is 1.24. The zero-order valence-corrected chi connectivity index (χ0v) is 17.0. The molecule has 1 amide bonds. The lowest BCUT2D eigenvalue weighted by atomic mass is 9.94. The van der Waals surface area contributed by atoms with Gasteiger partial charge < -0.3 is 14.7 Å². The van der Waals surface area contributed by atoms with E-state index in [1.54, 1.807) is 13.1 Å². The number of hydrogen-bond donors (Lipinski definition) is 1. The molecule has 3 heterocycles. The Bertz CT molecular complexity index is 1040. The SMILES string of the molecule is Cc1noc(-c2cccnc2N2CCC(NC(=O)C3(c4ccccc4)CC3)CC2)n1. The summed E-state index contributed by atoms with van der Waals surface area (Å²) in [6.07, 6.45) is 5.42. The van der Waals surface area contributed by atoms with E-state index in [2.05, 4.69) is 37.5 Å². The predicted molar refractivity (Wildman–Crippen MR) is 113 cm³/mol. The second-order valence-corrected chi connectivity index (χ2v) is 8.20. The van der Waals surface area contributed by atoms with Crippen LogP contribution in [0, 0.1) is 6.92 Å². The number of nitrogens with one attached hydrogen (secondary N) is 1. The van der Waals surface area contributed by atoms with E-state index in [0.717, 1.165) is 55.7 Å². The van der Waals surface area contributed by atoms with Gasteiger partial charge in [-0.25, -0.2) is 4.98 Å². The number of rotatable bonds is 5. The van der Waals surface area contributed by atoms with Crippen molar-refractivity contribution in [1.82, 2.24) is 20.4 Å². The monoisotopic (exact) mass is 403 g/mol. The van der Waals surface area contributed by atoms with Crippen LogP contribution in [0.2, 0.25) is 0 Å². The fourth-order valence-corrected chi connectivity index (χ4v) is 4.31. The van der Waals surface area contributed by atoms with Gasteiger partial charge in [0, 0.05) is 25.3 Å². The fraction of sp³-hybridized carbons (Fsp3) is 0.391. The Kier molecular flexibility index (Phi) is 4.73. The van der Waals surface area contributed by atoms with E-state index in [0.29, 0.717) is 11.7 Å². The van der Waals surface area contributed by atoms with Gasteiger partial charge in [-0.3, -0.25) is 4.79 Å². The van der Waals surface area contributed by atoms with E-state index in [4.69, 9.17) is 4.52 Å². The minimum atomic E-state index is -0.317. The smallest absolute Gasteiger partial charge is 0.261 e. The van der Waals surface area contributed by atoms with Crippen molar-refractivity contribution in [3.05, 3.63) is 60.0 Å². The number of nitrogens with zero attached hydrogens (tertiary/aromatic N) is 4. The third-order valence-corrected chi connectivity index (χ3v) is 6.19. The molecule has 1 aliphatic carbocycles. The summed E-state index contributed by atoms with van der Waals surface area (Å²) < 4.78 is 5.36. The molecule has 154 valence electrons. The number of anilines is 1. The maximum atomic E-state index is 13.0. The van der Waals surface area contributed by atoms with E-state index in [9.17, 15) is 4.79 Å². The molecule has 2 fully saturated rings. The first-order valence-electron chi connectivity index (χ1n) is 10.5. The van der Waals surface area contributed by atoms with E-state index >= 15 is 0 Å². The number of aryl methyl sites for hydroxylation is 1. The summed E-state index contributed by atoms with van der Waals surface area (Å²) in [5.41, 5.74) is 1.66. The second-order valence-electron chi connectivity index (χ2n) is 8.20. The topological polar surface area (TPSA) is 84.2 Å². The molecule has 0 bridgehead atoms. The molecule has 3 aromatic rings. The molecule has 7 heteroatoms. The maximum Gasteiger partial charge on any atom is 0.261 e. The molecule has 1 N–H and O–H groups in total. The van der Waals surface area contributed by atoms with Gasteiger partial charge in [0.1, 0.15) is 5.82 Å². The molecule has 1 saturated heterocycles. The Morgan fingerprint density at radius 1 is 1.13 bits per heavy atom. The number of benzene rings is 1. The lowest BCUT2D eigenvalue weighted by Crippen LogP contribution is -2.48. The Morgan fingerprint density at radius 3 is 2.57 bits per heavy atom. The van der Waals surface area contributed by atoms with E-state index in [1.807, 2.05) is 30.3 Å². The number of carbonyl (C=O) groups is 1. The van der Waals surface area contributed by atoms with Crippen molar-refractivity contribution in [2.24, 2.45) is 0 Å². The first-order valence-corrected chi connectivity index (χ1v) is 10.5. The fourth-order valence-electron chi connectivity index (χ4n) is 4.31. The molecule has 2 aromatic heterocycles. The molecular weight excluding hydrogens is 378 g/mol. The standard InChI is InChI=1S/C23H25N5O2/c1-16-25-21(30-27-16)19-8-5-13-24-20(19)28-14-9-18(10-15-28)26-22(29)23(11-12-23)17-6-3-2-4-7-17/h2-8,13,18H,9-12,14-15H2,1H3,(H,26,29). The Labute approximate surface area is 175 Å². The highest BCUT2D eigenvalue weighted by molar-refractivity contribution is 5.91. The number of carbonyl (C=O) groups excluding carboxylic acids is 1. The lowest BCUT2D eigenvalue weighted by molar-refractivity contribution is -0.124. The van der Waals surface area contributed by atoms with Crippen LogP contribution < -0.4 is 10.2 Å². The van der Waals surface area contributed by atoms with Crippen molar-refractivity contribution >= 4 is 11.7 Å². The lowest BCUT2D eigenvalue weighted by Gasteiger charge is -2.34. The minimum absolute atomic E-state index is 0.173. The van der Waals surface area contributed by atoms with Gasteiger partial charge in [-0.15, -0.1) is 0 Å². The van der Waals surface area contributed by atoms with Crippen LogP contribution >= 0.6 is 0 Å². The van der Waals surface area contributed by atoms with Gasteiger partial charge in [0.15, 0.2) is 5.82 Å². The van der Waals surface area contributed by atoms with Crippen LogP contribution in [0.4, 0.5) is 5.82 Å². The molecular formula is C23H25N5O2. The maximum absolute atomic E-state index is 13.0. The molecule has 0 unspecified atom stereocenters. The molecule has 1 aromatic carbocycles. The van der Waals surface area contributed by atoms with E-state index < -0.39 is 0 Å². The van der Waals surface area contributed by atoms with Crippen molar-refractivity contribution in [3.8, 4) is 11.5 Å². The van der Waals surface area contributed by atoms with E-state index in [1.165, 1.54) is 0 Å². The van der Waals surface area contributed by atoms with E-state index in [-0.39, 0.29) is 17.4 Å². The average Bonchev–Trinajstić information content (AvgIpc) is 3.50. The molecule has 0 spiro atoms. The summed E-state index contributed by atoms with van der Waals surface area (Å²) in [6, 6.07) is 14.2. The molecule has 0 atom stereocenters. The van der Waals surface area contributed by atoms with Gasteiger partial charge in [-0.1, -0.05) is 35.5 Å². The molecule has 1 saturated carbocycles. The van der Waals surface area contributed by atoms with Crippen LogP contribution in [0.15, 0.2) is 53.2 Å². The molecule has 5 rings (SSSR count). The number of aromatic nitrogens is 3. The zero-order chi connectivity index (χ0) is 20.6. The van der Waals surface area contributed by atoms with Gasteiger partial charge in [-0.05, 0) is 50.3 Å². The quantitative estimate of drug-likeness (QED) is 0.704. The Morgan fingerprint density at radius 2 is 1.90 bits per heavy atom. The number of amides is 1. The van der Waals surface area contributed by atoms with Gasteiger partial charge in [-0.2, -0.15) is 4.98 Å². The van der Waals surface area contributed by atoms with Crippen LogP contribution in [0.1, 0.15) is 37.1 Å². The normalized spacial score (nSPS) is 18.2. The van der Waals surface area contributed by atoms with Crippen molar-refractivity contribution in [3.63, 3.8) is 0 Å². The van der Waals surface area contributed by atoms with Crippen LogP contribution in [-0.2, 0) is 10.2 Å². The summed E-state index contributed by atoms with van der Waals surface area (Å²) in [6.45, 7) is 3.44. The van der Waals surface area contributed by atoms with Crippen molar-refractivity contribution in [2.75, 3.05) is 18.0 Å². The van der Waals surface area contributed by atoms with Gasteiger partial charge in [0.05, 0.1) is 11.0 Å². The van der Waals surface area contributed by atoms with Gasteiger partial charge >= 0.3 is 0 Å². The molecule has 0 radical (unpaired) electrons. The Hall–Kier alpha value is -3.22. The van der Waals surface area contributed by atoms with Crippen LogP contribution in [-0.4, -0.2) is 40.2 Å². The highest BCUT2D eigenvalue weighted by Crippen LogP contribution is 2.48. The summed E-state index contributed by atoms with van der Waals surface area (Å²) in [5, 5.41) is 7.21. The molecule has 2 aliphatic rings. The van der Waals surface area contributed by atoms with Gasteiger partial charge in [0.25, 0.3) is 5.89 Å². The highest BCUT2D eigenvalue weighted by atomic mass is 16.5. The van der Waals surface area contributed by atoms with Crippen molar-refractivity contribution in [1.29, 1.82) is 0 Å². The van der Waals surface area contributed by atoms with Crippen LogP contribution in [0.5, 0.6) is 0 Å². The molecule has 30 heavy (non-hydrogen) atoms. The first kappa shape index (κ1) is 18.8.